The number of Topliss-reactive ketones (excluding diaryl/α,β-unsaturated/α-hetero) is 1. The number of carbonyl (C=O) groups excluding carboxylic acids is 1. The van der Waals surface area contributed by atoms with Crippen LogP contribution in [0.5, 0.6) is 0 Å². The zero-order valence-electron chi connectivity index (χ0n) is 11.4. The number of rotatable bonds is 6. The highest BCUT2D eigenvalue weighted by Gasteiger charge is 2.40. The third-order valence-corrected chi connectivity index (χ3v) is 3.91. The summed E-state index contributed by atoms with van der Waals surface area (Å²) >= 11 is 0. The topological polar surface area (TPSA) is 20.3 Å². The Morgan fingerprint density at radius 3 is 2.50 bits per heavy atom. The average molecular weight is 225 g/mol. The second-order valence-electron chi connectivity index (χ2n) is 5.73. The summed E-state index contributed by atoms with van der Waals surface area (Å²) in [6.07, 6.45) is 4.65. The zero-order valence-corrected chi connectivity index (χ0v) is 11.4. The molecular weight excluding hydrogens is 198 g/mol. The van der Waals surface area contributed by atoms with E-state index in [1.165, 1.54) is 12.8 Å². The number of hydrogen-bond donors (Lipinski definition) is 0. The highest BCUT2D eigenvalue weighted by molar-refractivity contribution is 5.88. The SMILES string of the molecule is CCCCN(CC)CC1CCC(C)(C)C1=O. The van der Waals surface area contributed by atoms with E-state index in [0.717, 1.165) is 32.5 Å². The summed E-state index contributed by atoms with van der Waals surface area (Å²) in [5.41, 5.74) is -0.0607. The molecule has 16 heavy (non-hydrogen) atoms. The van der Waals surface area contributed by atoms with Gasteiger partial charge in [-0.3, -0.25) is 4.79 Å². The van der Waals surface area contributed by atoms with Crippen molar-refractivity contribution in [3.8, 4) is 0 Å². The summed E-state index contributed by atoms with van der Waals surface area (Å²) in [4.78, 5) is 14.6. The normalized spacial score (nSPS) is 24.3. The fourth-order valence-electron chi connectivity index (χ4n) is 2.59. The molecule has 0 saturated heterocycles. The summed E-state index contributed by atoms with van der Waals surface area (Å²) in [5, 5.41) is 0. The number of ketones is 1. The molecule has 1 unspecified atom stereocenters. The summed E-state index contributed by atoms with van der Waals surface area (Å²) in [6.45, 7) is 11.8. The minimum absolute atomic E-state index is 0.0607. The minimum atomic E-state index is -0.0607. The largest absolute Gasteiger partial charge is 0.303 e. The molecule has 0 heterocycles. The van der Waals surface area contributed by atoms with Crippen LogP contribution in [-0.2, 0) is 4.79 Å². The summed E-state index contributed by atoms with van der Waals surface area (Å²) in [6, 6.07) is 0. The Morgan fingerprint density at radius 1 is 1.38 bits per heavy atom. The molecule has 0 aromatic rings. The van der Waals surface area contributed by atoms with E-state index in [0.29, 0.717) is 11.7 Å². The van der Waals surface area contributed by atoms with E-state index in [2.05, 4.69) is 32.6 Å². The van der Waals surface area contributed by atoms with Gasteiger partial charge >= 0.3 is 0 Å². The maximum Gasteiger partial charge on any atom is 0.142 e. The van der Waals surface area contributed by atoms with Crippen molar-refractivity contribution in [3.05, 3.63) is 0 Å². The molecule has 0 aromatic heterocycles. The third kappa shape index (κ3) is 3.31. The second-order valence-corrected chi connectivity index (χ2v) is 5.73. The molecule has 0 amide bonds. The van der Waals surface area contributed by atoms with Gasteiger partial charge in [-0.2, -0.15) is 0 Å². The predicted octanol–water partition coefficient (Wildman–Crippen LogP) is 3.11. The van der Waals surface area contributed by atoms with Gasteiger partial charge in [0, 0.05) is 17.9 Å². The standard InChI is InChI=1S/C14H27NO/c1-5-7-10-15(6-2)11-12-8-9-14(3,4)13(12)16/h12H,5-11H2,1-4H3. The van der Waals surface area contributed by atoms with Gasteiger partial charge in [-0.05, 0) is 32.4 Å². The van der Waals surface area contributed by atoms with Crippen molar-refractivity contribution in [2.45, 2.75) is 53.4 Å². The van der Waals surface area contributed by atoms with Gasteiger partial charge in [-0.25, -0.2) is 0 Å². The first-order valence-corrected chi connectivity index (χ1v) is 6.78. The minimum Gasteiger partial charge on any atom is -0.303 e. The lowest BCUT2D eigenvalue weighted by atomic mass is 9.89. The fourth-order valence-corrected chi connectivity index (χ4v) is 2.59. The molecule has 0 aromatic carbocycles. The average Bonchev–Trinajstić information content (AvgIpc) is 2.50. The third-order valence-electron chi connectivity index (χ3n) is 3.91. The Morgan fingerprint density at radius 2 is 2.06 bits per heavy atom. The highest BCUT2D eigenvalue weighted by Crippen LogP contribution is 2.37. The first-order valence-electron chi connectivity index (χ1n) is 6.78. The summed E-state index contributed by atoms with van der Waals surface area (Å²) in [7, 11) is 0. The van der Waals surface area contributed by atoms with Crippen LogP contribution in [0.4, 0.5) is 0 Å². The monoisotopic (exact) mass is 225 g/mol. The smallest absolute Gasteiger partial charge is 0.142 e. The van der Waals surface area contributed by atoms with Crippen molar-refractivity contribution in [3.63, 3.8) is 0 Å². The van der Waals surface area contributed by atoms with Gasteiger partial charge in [0.1, 0.15) is 5.78 Å². The molecule has 94 valence electrons. The maximum atomic E-state index is 12.1. The van der Waals surface area contributed by atoms with Crippen LogP contribution >= 0.6 is 0 Å². The van der Waals surface area contributed by atoms with Crippen LogP contribution < -0.4 is 0 Å². The van der Waals surface area contributed by atoms with Crippen LogP contribution in [0.1, 0.15) is 53.4 Å². The Kier molecular flexibility index (Phi) is 4.97. The van der Waals surface area contributed by atoms with E-state index in [9.17, 15) is 4.79 Å². The highest BCUT2D eigenvalue weighted by atomic mass is 16.1. The molecule has 0 bridgehead atoms. The lowest BCUT2D eigenvalue weighted by Crippen LogP contribution is -2.34. The van der Waals surface area contributed by atoms with Crippen molar-refractivity contribution >= 4 is 5.78 Å². The van der Waals surface area contributed by atoms with Crippen LogP contribution in [0, 0.1) is 11.3 Å². The van der Waals surface area contributed by atoms with E-state index < -0.39 is 0 Å². The lowest BCUT2D eigenvalue weighted by Gasteiger charge is -2.24. The molecule has 0 spiro atoms. The van der Waals surface area contributed by atoms with Gasteiger partial charge in [-0.1, -0.05) is 34.1 Å². The molecule has 1 atom stereocenters. The predicted molar refractivity (Wildman–Crippen MR) is 68.5 cm³/mol. The number of carbonyl (C=O) groups is 1. The number of nitrogens with zero attached hydrogens (tertiary/aromatic N) is 1. The van der Waals surface area contributed by atoms with Crippen LogP contribution in [0.3, 0.4) is 0 Å². The van der Waals surface area contributed by atoms with E-state index in [4.69, 9.17) is 0 Å². The van der Waals surface area contributed by atoms with Crippen molar-refractivity contribution in [2.75, 3.05) is 19.6 Å². The molecular formula is C14H27NO. The Hall–Kier alpha value is -0.370. The summed E-state index contributed by atoms with van der Waals surface area (Å²) < 4.78 is 0. The van der Waals surface area contributed by atoms with E-state index in [-0.39, 0.29) is 5.41 Å². The van der Waals surface area contributed by atoms with E-state index >= 15 is 0 Å². The Balaban J connectivity index is 2.44. The van der Waals surface area contributed by atoms with Gasteiger partial charge in [0.25, 0.3) is 0 Å². The second kappa shape index (κ2) is 5.81. The molecule has 1 rings (SSSR count). The van der Waals surface area contributed by atoms with Crippen LogP contribution in [0.15, 0.2) is 0 Å². The Labute approximate surface area is 100 Å². The van der Waals surface area contributed by atoms with Gasteiger partial charge in [0.2, 0.25) is 0 Å². The first kappa shape index (κ1) is 13.7. The van der Waals surface area contributed by atoms with Crippen LogP contribution in [-0.4, -0.2) is 30.3 Å². The van der Waals surface area contributed by atoms with Gasteiger partial charge in [-0.15, -0.1) is 0 Å². The zero-order chi connectivity index (χ0) is 12.2. The van der Waals surface area contributed by atoms with E-state index in [1.54, 1.807) is 0 Å². The quantitative estimate of drug-likeness (QED) is 0.692. The molecule has 1 aliphatic rings. The lowest BCUT2D eigenvalue weighted by molar-refractivity contribution is -0.127. The van der Waals surface area contributed by atoms with Crippen molar-refractivity contribution in [1.29, 1.82) is 0 Å². The van der Waals surface area contributed by atoms with Gasteiger partial charge in [0.05, 0.1) is 0 Å². The molecule has 1 aliphatic carbocycles. The number of hydrogen-bond acceptors (Lipinski definition) is 2. The van der Waals surface area contributed by atoms with Crippen LogP contribution in [0.25, 0.3) is 0 Å². The molecule has 0 aliphatic heterocycles. The van der Waals surface area contributed by atoms with Crippen LogP contribution in [0.2, 0.25) is 0 Å². The van der Waals surface area contributed by atoms with Gasteiger partial charge in [0.15, 0.2) is 0 Å². The van der Waals surface area contributed by atoms with Crippen molar-refractivity contribution < 1.29 is 4.79 Å². The van der Waals surface area contributed by atoms with Crippen molar-refractivity contribution in [1.82, 2.24) is 4.90 Å². The fraction of sp³-hybridized carbons (Fsp3) is 0.929. The number of unbranched alkanes of at least 4 members (excludes halogenated alkanes) is 1. The molecule has 0 radical (unpaired) electrons. The molecule has 1 saturated carbocycles. The van der Waals surface area contributed by atoms with Gasteiger partial charge < -0.3 is 4.90 Å². The Bertz CT molecular complexity index is 235. The van der Waals surface area contributed by atoms with E-state index in [1.807, 2.05) is 0 Å². The molecule has 2 heteroatoms. The first-order chi connectivity index (χ1) is 7.51. The van der Waals surface area contributed by atoms with Crippen molar-refractivity contribution in [2.24, 2.45) is 11.3 Å². The molecule has 2 nitrogen and oxygen atoms in total. The maximum absolute atomic E-state index is 12.1. The summed E-state index contributed by atoms with van der Waals surface area (Å²) in [5.74, 6) is 0.786. The molecule has 1 fully saturated rings. The molecule has 0 N–H and O–H groups in total.